The lowest BCUT2D eigenvalue weighted by Crippen LogP contribution is -2.82. The number of benzene rings is 3. The van der Waals surface area contributed by atoms with Gasteiger partial charge in [-0.25, -0.2) is 9.59 Å². The minimum Gasteiger partial charge on any atom is -0.460 e. The molecule has 0 amide bonds. The Balaban J connectivity index is 1.24. The molecule has 0 unspecified atom stereocenters. The number of carbonyl (C=O) groups excluding carboxylic acids is 6. The number of aliphatic hydroxyl groups is 1. The summed E-state index contributed by atoms with van der Waals surface area (Å²) >= 11 is 0. The molecule has 5 aliphatic rings. The fourth-order valence-electron chi connectivity index (χ4n) is 14.1. The summed E-state index contributed by atoms with van der Waals surface area (Å²) in [7, 11) is 3.39. The van der Waals surface area contributed by atoms with Crippen molar-refractivity contribution in [1.82, 2.24) is 10.2 Å². The standard InChI is InChI=1S/C71H88N2O14/c1-44(34-35-53-46(3)27-24-36-67(53,7)8)25-23-26-45(2)37-57(76)86-62(60(52-32-21-16-22-33-52)72-40-50-28-17-14-18-29-50)66(79)84-54-39-71(80)65(81-42-51-30-19-15-20-31-51)63-69(11,64(78)61(83-48(5)74)59(47(54)4)68(71,9)10)55(85-58(77)41-73(12)13)38-56-70(63,43-82-56)87-49(6)75/h14-23,25-26,28-35,37,54-56,60-63,65,72,80H,24,27,36,38-43H2,1-13H3/b26-23+,35-34+,44-25+,45-37+/t54-,55-,56+,60-,61+,62+,63-,65-,69+,70-,71+/m0/s1. The molecule has 8 rings (SSSR count). The number of ether oxygens (including phenoxy) is 7. The lowest BCUT2D eigenvalue weighted by atomic mass is 9.44. The molecule has 4 aliphatic carbocycles. The first-order valence-corrected chi connectivity index (χ1v) is 30.2. The van der Waals surface area contributed by atoms with Crippen LogP contribution in [0.2, 0.25) is 0 Å². The van der Waals surface area contributed by atoms with Crippen LogP contribution in [0, 0.1) is 22.2 Å². The van der Waals surface area contributed by atoms with Gasteiger partial charge in [0.05, 0.1) is 37.3 Å². The molecule has 16 nitrogen and oxygen atoms in total. The third-order valence-electron chi connectivity index (χ3n) is 18.6. The maximum atomic E-state index is 16.4. The van der Waals surface area contributed by atoms with Crippen LogP contribution in [-0.2, 0) is 75.1 Å². The van der Waals surface area contributed by atoms with Crippen molar-refractivity contribution < 1.29 is 67.0 Å². The molecule has 1 saturated heterocycles. The molecule has 0 radical (unpaired) electrons. The number of allylic oxidation sites excluding steroid dienone is 9. The lowest BCUT2D eigenvalue weighted by Gasteiger charge is -2.68. The van der Waals surface area contributed by atoms with Gasteiger partial charge in [0, 0.05) is 50.6 Å². The van der Waals surface area contributed by atoms with Gasteiger partial charge in [0.15, 0.2) is 17.5 Å². The van der Waals surface area contributed by atoms with Crippen LogP contribution in [0.4, 0.5) is 0 Å². The maximum Gasteiger partial charge on any atom is 0.350 e. The number of fused-ring (bicyclic) bond motifs is 5. The number of ketones is 1. The predicted octanol–water partition coefficient (Wildman–Crippen LogP) is 10.7. The zero-order valence-electron chi connectivity index (χ0n) is 52.8. The van der Waals surface area contributed by atoms with Crippen molar-refractivity contribution in [3.05, 3.63) is 178 Å². The minimum atomic E-state index is -2.23. The Kier molecular flexibility index (Phi) is 20.5. The average molecular weight is 1190 g/mol. The topological polar surface area (TPSA) is 203 Å². The predicted molar refractivity (Wildman–Crippen MR) is 329 cm³/mol. The van der Waals surface area contributed by atoms with E-state index in [1.807, 2.05) is 85.8 Å². The summed E-state index contributed by atoms with van der Waals surface area (Å²) in [6.07, 6.45) is 5.38. The second-order valence-electron chi connectivity index (χ2n) is 25.9. The summed E-state index contributed by atoms with van der Waals surface area (Å²) in [5, 5.41) is 17.9. The van der Waals surface area contributed by atoms with E-state index < -0.39 is 113 Å². The SMILES string of the molecule is CC(=O)O[C@H]1C(=O)[C@]2(C)[C@@H](OC(=O)CN(C)C)C[C@H]3OC[C@@]3(OC(C)=O)[C@H]2[C@H](OCc2ccccc2)[C@]2(O)C[C@H](OC(=O)[C@H](OC(=O)/C=C(C)/C=C/C=C(C)/C=C/C3=C(C)CCCC3(C)C)[C@@H](NCc3ccccc3)c3ccccc3)C(C)=C1C2(C)C. The van der Waals surface area contributed by atoms with E-state index in [0.717, 1.165) is 30.9 Å². The molecule has 16 heteroatoms. The van der Waals surface area contributed by atoms with Gasteiger partial charge in [0.25, 0.3) is 0 Å². The van der Waals surface area contributed by atoms with Crippen molar-refractivity contribution in [2.75, 3.05) is 27.2 Å². The van der Waals surface area contributed by atoms with Crippen molar-refractivity contribution in [2.24, 2.45) is 22.2 Å². The molecule has 87 heavy (non-hydrogen) atoms. The minimum absolute atomic E-state index is 0.0914. The van der Waals surface area contributed by atoms with Gasteiger partial charge in [-0.2, -0.15) is 0 Å². The number of nitrogens with zero attached hydrogens (tertiary/aromatic N) is 1. The molecular weight excluding hydrogens is 1100 g/mol. The Hall–Kier alpha value is -7.08. The summed E-state index contributed by atoms with van der Waals surface area (Å²) < 4.78 is 45.3. The number of nitrogens with one attached hydrogen (secondary N) is 1. The zero-order chi connectivity index (χ0) is 63.2. The fraction of sp³-hybridized carbons (Fsp3) is 0.493. The van der Waals surface area contributed by atoms with Gasteiger partial charge in [-0.05, 0) is 112 Å². The number of likely N-dealkylation sites (N-methyl/N-ethyl adjacent to an activating group) is 1. The van der Waals surface area contributed by atoms with E-state index in [9.17, 15) is 24.3 Å². The third-order valence-corrected chi connectivity index (χ3v) is 18.6. The van der Waals surface area contributed by atoms with E-state index in [2.05, 4.69) is 38.2 Å². The van der Waals surface area contributed by atoms with Crippen molar-refractivity contribution in [3.8, 4) is 0 Å². The average Bonchev–Trinajstić information content (AvgIpc) is 0.679. The van der Waals surface area contributed by atoms with Crippen molar-refractivity contribution >= 4 is 35.6 Å². The van der Waals surface area contributed by atoms with E-state index in [4.69, 9.17) is 33.2 Å². The Morgan fingerprint density at radius 2 is 1.46 bits per heavy atom. The second kappa shape index (κ2) is 27.1. The van der Waals surface area contributed by atoms with E-state index in [1.165, 1.54) is 30.6 Å². The van der Waals surface area contributed by atoms with Gasteiger partial charge in [-0.15, -0.1) is 0 Å². The van der Waals surface area contributed by atoms with Crippen LogP contribution in [0.25, 0.3) is 0 Å². The van der Waals surface area contributed by atoms with Crippen LogP contribution in [0.3, 0.4) is 0 Å². The molecule has 2 N–H and O–H groups in total. The number of rotatable bonds is 21. The van der Waals surface area contributed by atoms with E-state index >= 15 is 9.59 Å². The molecule has 1 aliphatic heterocycles. The highest BCUT2D eigenvalue weighted by Gasteiger charge is 2.78. The zero-order valence-corrected chi connectivity index (χ0v) is 52.8. The molecule has 2 bridgehead atoms. The smallest absolute Gasteiger partial charge is 0.350 e. The molecule has 0 spiro atoms. The first-order chi connectivity index (χ1) is 41.1. The Labute approximate surface area is 513 Å². The normalized spacial score (nSPS) is 28.6. The maximum absolute atomic E-state index is 16.4. The van der Waals surface area contributed by atoms with Crippen LogP contribution >= 0.6 is 0 Å². The van der Waals surface area contributed by atoms with Gasteiger partial charge in [-0.3, -0.25) is 24.1 Å². The first-order valence-electron chi connectivity index (χ1n) is 30.2. The number of hydrogen-bond acceptors (Lipinski definition) is 16. The van der Waals surface area contributed by atoms with Gasteiger partial charge in [0.2, 0.25) is 6.10 Å². The van der Waals surface area contributed by atoms with Crippen LogP contribution in [-0.4, -0.2) is 121 Å². The van der Waals surface area contributed by atoms with E-state index in [1.54, 1.807) is 84.0 Å². The van der Waals surface area contributed by atoms with Crippen LogP contribution < -0.4 is 5.32 Å². The molecule has 0 aromatic heterocycles. The van der Waals surface area contributed by atoms with Crippen molar-refractivity contribution in [2.45, 2.75) is 175 Å². The Bertz CT molecular complexity index is 3230. The van der Waals surface area contributed by atoms with Gasteiger partial charge in [-0.1, -0.05) is 160 Å². The number of carbonyl (C=O) groups is 6. The second-order valence-corrected chi connectivity index (χ2v) is 25.9. The quantitative estimate of drug-likeness (QED) is 0.0335. The molecule has 11 atom stereocenters. The molecule has 2 saturated carbocycles. The van der Waals surface area contributed by atoms with E-state index in [-0.39, 0.29) is 49.3 Å². The van der Waals surface area contributed by atoms with Crippen LogP contribution in [0.5, 0.6) is 0 Å². The van der Waals surface area contributed by atoms with Crippen LogP contribution in [0.1, 0.15) is 131 Å². The highest BCUT2D eigenvalue weighted by Crippen LogP contribution is 2.65. The molecule has 1 heterocycles. The third kappa shape index (κ3) is 14.1. The Morgan fingerprint density at radius 1 is 0.816 bits per heavy atom. The number of Topliss-reactive ketones (excluding diaryl/α,β-unsaturated/α-hetero) is 1. The summed E-state index contributed by atoms with van der Waals surface area (Å²) in [5.41, 5.74) is -0.512. The Morgan fingerprint density at radius 3 is 2.06 bits per heavy atom. The number of hydrogen-bond donors (Lipinski definition) is 2. The molecule has 466 valence electrons. The van der Waals surface area contributed by atoms with Crippen molar-refractivity contribution in [1.29, 1.82) is 0 Å². The van der Waals surface area contributed by atoms with E-state index in [0.29, 0.717) is 16.7 Å². The summed E-state index contributed by atoms with van der Waals surface area (Å²) in [6, 6.07) is 26.7. The number of esters is 5. The molecular formula is C71H88N2O14. The summed E-state index contributed by atoms with van der Waals surface area (Å²) in [4.78, 5) is 89.2. The molecule has 3 aromatic rings. The van der Waals surface area contributed by atoms with Crippen LogP contribution in [0.15, 0.2) is 161 Å². The van der Waals surface area contributed by atoms with Gasteiger partial charge < -0.3 is 43.6 Å². The highest BCUT2D eigenvalue weighted by atomic mass is 16.6. The van der Waals surface area contributed by atoms with Gasteiger partial charge in [0.1, 0.15) is 23.9 Å². The molecule has 3 aromatic carbocycles. The fourth-order valence-corrected chi connectivity index (χ4v) is 14.1. The van der Waals surface area contributed by atoms with Crippen molar-refractivity contribution in [3.63, 3.8) is 0 Å². The summed E-state index contributed by atoms with van der Waals surface area (Å²) in [6.45, 7) is 19.3. The molecule has 3 fully saturated rings. The highest BCUT2D eigenvalue weighted by molar-refractivity contribution is 5.95. The lowest BCUT2D eigenvalue weighted by molar-refractivity contribution is -0.352. The van der Waals surface area contributed by atoms with Gasteiger partial charge >= 0.3 is 29.8 Å². The summed E-state index contributed by atoms with van der Waals surface area (Å²) in [5.74, 6) is -6.20. The largest absolute Gasteiger partial charge is 0.460 e. The monoisotopic (exact) mass is 1190 g/mol. The first kappa shape index (κ1) is 65.9.